The zero-order valence-electron chi connectivity index (χ0n) is 14.9. The molecule has 0 amide bonds. The first-order valence-electron chi connectivity index (χ1n) is 8.75. The lowest BCUT2D eigenvalue weighted by atomic mass is 10.1. The van der Waals surface area contributed by atoms with Crippen LogP contribution >= 0.6 is 22.9 Å². The maximum Gasteiger partial charge on any atom is 0.266 e. The summed E-state index contributed by atoms with van der Waals surface area (Å²) in [6.07, 6.45) is 0.749. The third-order valence-electron chi connectivity index (χ3n) is 4.78. The van der Waals surface area contributed by atoms with E-state index in [9.17, 15) is 9.59 Å². The molecular weight excluding hydrogens is 380 g/mol. The minimum Gasteiger partial charge on any atom is -0.289 e. The standard InChI is InChI=1S/C21H17ClN2O2S/c1-3-12(2)24-19(13-8-10-14(22)11-9-13)23-20-17(21(24)26)18(25)15-6-4-5-7-16(15)27-20/h4-12H,3H2,1-2H3. The molecule has 1 unspecified atom stereocenters. The third kappa shape index (κ3) is 2.97. The van der Waals surface area contributed by atoms with Crippen molar-refractivity contribution in [3.8, 4) is 11.4 Å². The maximum atomic E-state index is 13.4. The van der Waals surface area contributed by atoms with Crippen molar-refractivity contribution >= 4 is 43.2 Å². The fraction of sp³-hybridized carbons (Fsp3) is 0.190. The molecule has 0 N–H and O–H groups in total. The summed E-state index contributed by atoms with van der Waals surface area (Å²) in [7, 11) is 0. The molecule has 0 aliphatic heterocycles. The summed E-state index contributed by atoms with van der Waals surface area (Å²) >= 11 is 7.38. The molecule has 2 heterocycles. The van der Waals surface area contributed by atoms with Crippen LogP contribution in [0.2, 0.25) is 5.02 Å². The van der Waals surface area contributed by atoms with E-state index in [1.54, 1.807) is 22.8 Å². The topological polar surface area (TPSA) is 52.0 Å². The minimum atomic E-state index is -0.286. The lowest BCUT2D eigenvalue weighted by molar-refractivity contribution is 0.517. The number of hydrogen-bond donors (Lipinski definition) is 0. The number of benzene rings is 2. The van der Waals surface area contributed by atoms with Crippen LogP contribution in [-0.4, -0.2) is 9.55 Å². The Labute approximate surface area is 164 Å². The first-order valence-corrected chi connectivity index (χ1v) is 9.94. The highest BCUT2D eigenvalue weighted by molar-refractivity contribution is 7.24. The average molecular weight is 397 g/mol. The van der Waals surface area contributed by atoms with E-state index in [0.29, 0.717) is 21.1 Å². The highest BCUT2D eigenvalue weighted by atomic mass is 35.5. The van der Waals surface area contributed by atoms with Gasteiger partial charge in [0.15, 0.2) is 0 Å². The van der Waals surface area contributed by atoms with Gasteiger partial charge >= 0.3 is 0 Å². The summed E-state index contributed by atoms with van der Waals surface area (Å²) in [6.45, 7) is 3.97. The second-order valence-corrected chi connectivity index (χ2v) is 7.95. The van der Waals surface area contributed by atoms with Crippen molar-refractivity contribution in [2.24, 2.45) is 0 Å². The molecule has 0 saturated carbocycles. The lowest BCUT2D eigenvalue weighted by Gasteiger charge is -2.18. The molecule has 4 rings (SSSR count). The van der Waals surface area contributed by atoms with Crippen LogP contribution in [-0.2, 0) is 0 Å². The lowest BCUT2D eigenvalue weighted by Crippen LogP contribution is -2.29. The molecule has 2 aromatic carbocycles. The molecule has 0 bridgehead atoms. The van der Waals surface area contributed by atoms with E-state index >= 15 is 0 Å². The van der Waals surface area contributed by atoms with E-state index in [4.69, 9.17) is 16.6 Å². The van der Waals surface area contributed by atoms with Gasteiger partial charge in [0.1, 0.15) is 16.0 Å². The fourth-order valence-corrected chi connectivity index (χ4v) is 4.32. The monoisotopic (exact) mass is 396 g/mol. The Balaban J connectivity index is 2.17. The molecule has 0 aliphatic rings. The van der Waals surface area contributed by atoms with Gasteiger partial charge in [0.2, 0.25) is 5.43 Å². The molecule has 6 heteroatoms. The number of fused-ring (bicyclic) bond motifs is 2. The molecule has 136 valence electrons. The third-order valence-corrected chi connectivity index (χ3v) is 6.10. The number of aromatic nitrogens is 2. The number of hydrogen-bond acceptors (Lipinski definition) is 4. The van der Waals surface area contributed by atoms with Crippen molar-refractivity contribution < 1.29 is 0 Å². The smallest absolute Gasteiger partial charge is 0.266 e. The van der Waals surface area contributed by atoms with E-state index in [1.807, 2.05) is 44.2 Å². The Bertz CT molecular complexity index is 1280. The van der Waals surface area contributed by atoms with Crippen LogP contribution in [0.25, 0.3) is 31.7 Å². The Kier molecular flexibility index (Phi) is 4.58. The first-order chi connectivity index (χ1) is 13.0. The molecule has 0 fully saturated rings. The van der Waals surface area contributed by atoms with Gasteiger partial charge in [0.25, 0.3) is 5.56 Å². The van der Waals surface area contributed by atoms with Gasteiger partial charge in [-0.25, -0.2) is 4.98 Å². The van der Waals surface area contributed by atoms with Crippen molar-refractivity contribution in [3.63, 3.8) is 0 Å². The van der Waals surface area contributed by atoms with E-state index in [0.717, 1.165) is 16.7 Å². The second-order valence-electron chi connectivity index (χ2n) is 6.48. The van der Waals surface area contributed by atoms with Crippen LogP contribution in [0, 0.1) is 0 Å². The van der Waals surface area contributed by atoms with Crippen LogP contribution < -0.4 is 11.0 Å². The van der Waals surface area contributed by atoms with Gasteiger partial charge in [-0.2, -0.15) is 0 Å². The Morgan fingerprint density at radius 1 is 1.11 bits per heavy atom. The largest absolute Gasteiger partial charge is 0.289 e. The summed E-state index contributed by atoms with van der Waals surface area (Å²) < 4.78 is 2.46. The molecule has 4 aromatic rings. The minimum absolute atomic E-state index is 0.0871. The summed E-state index contributed by atoms with van der Waals surface area (Å²) in [5.74, 6) is 0.560. The molecule has 27 heavy (non-hydrogen) atoms. The van der Waals surface area contributed by atoms with Gasteiger partial charge in [0, 0.05) is 26.7 Å². The quantitative estimate of drug-likeness (QED) is 0.443. The van der Waals surface area contributed by atoms with E-state index in [2.05, 4.69) is 0 Å². The van der Waals surface area contributed by atoms with Gasteiger partial charge < -0.3 is 0 Å². The second kappa shape index (κ2) is 6.91. The molecule has 4 nitrogen and oxygen atoms in total. The first kappa shape index (κ1) is 17.9. The summed E-state index contributed by atoms with van der Waals surface area (Å²) in [6, 6.07) is 14.5. The van der Waals surface area contributed by atoms with E-state index < -0.39 is 0 Å². The van der Waals surface area contributed by atoms with Crippen molar-refractivity contribution in [1.82, 2.24) is 9.55 Å². The normalized spacial score (nSPS) is 12.6. The van der Waals surface area contributed by atoms with Crippen LogP contribution in [0.1, 0.15) is 26.3 Å². The molecular formula is C21H17ClN2O2S. The zero-order chi connectivity index (χ0) is 19.1. The number of rotatable bonds is 3. The Morgan fingerprint density at radius 2 is 1.81 bits per heavy atom. The van der Waals surface area contributed by atoms with Gasteiger partial charge in [-0.15, -0.1) is 11.3 Å². The van der Waals surface area contributed by atoms with Gasteiger partial charge in [-0.05, 0) is 49.7 Å². The van der Waals surface area contributed by atoms with Crippen molar-refractivity contribution in [3.05, 3.63) is 74.1 Å². The van der Waals surface area contributed by atoms with E-state index in [-0.39, 0.29) is 22.4 Å². The van der Waals surface area contributed by atoms with Gasteiger partial charge in [0.05, 0.1) is 0 Å². The molecule has 2 aromatic heterocycles. The van der Waals surface area contributed by atoms with E-state index in [1.165, 1.54) is 11.3 Å². The van der Waals surface area contributed by atoms with Crippen molar-refractivity contribution in [2.45, 2.75) is 26.3 Å². The highest BCUT2D eigenvalue weighted by Crippen LogP contribution is 2.27. The highest BCUT2D eigenvalue weighted by Gasteiger charge is 2.20. The molecule has 0 saturated heterocycles. The summed E-state index contributed by atoms with van der Waals surface area (Å²) in [5, 5.41) is 1.34. The Morgan fingerprint density at radius 3 is 2.52 bits per heavy atom. The van der Waals surface area contributed by atoms with Crippen molar-refractivity contribution in [2.75, 3.05) is 0 Å². The predicted molar refractivity (Wildman–Crippen MR) is 113 cm³/mol. The van der Waals surface area contributed by atoms with Crippen LogP contribution in [0.5, 0.6) is 0 Å². The van der Waals surface area contributed by atoms with Crippen LogP contribution in [0.4, 0.5) is 0 Å². The van der Waals surface area contributed by atoms with Crippen molar-refractivity contribution in [1.29, 1.82) is 0 Å². The molecule has 1 atom stereocenters. The number of nitrogens with zero attached hydrogens (tertiary/aromatic N) is 2. The molecule has 0 radical (unpaired) electrons. The predicted octanol–water partition coefficient (Wildman–Crippen LogP) is 5.26. The SMILES string of the molecule is CCC(C)n1c(-c2ccc(Cl)cc2)nc2sc3ccccc3c(=O)c2c1=O. The average Bonchev–Trinajstić information content (AvgIpc) is 2.68. The molecule has 0 spiro atoms. The van der Waals surface area contributed by atoms with Crippen LogP contribution in [0.15, 0.2) is 58.1 Å². The zero-order valence-corrected chi connectivity index (χ0v) is 16.5. The fourth-order valence-electron chi connectivity index (χ4n) is 3.16. The van der Waals surface area contributed by atoms with Gasteiger partial charge in [-0.1, -0.05) is 30.7 Å². The maximum absolute atomic E-state index is 13.4. The van der Waals surface area contributed by atoms with Gasteiger partial charge in [-0.3, -0.25) is 14.2 Å². The summed E-state index contributed by atoms with van der Waals surface area (Å²) in [4.78, 5) is 31.6. The number of halogens is 1. The van der Waals surface area contributed by atoms with Crippen LogP contribution in [0.3, 0.4) is 0 Å². The molecule has 0 aliphatic carbocycles. The Hall–Kier alpha value is -2.50. The summed E-state index contributed by atoms with van der Waals surface area (Å²) in [5.41, 5.74) is 0.259.